The molecule has 4 rings (SSSR count). The molecule has 1 N–H and O–H groups in total. The monoisotopic (exact) mass is 457 g/mol. The highest BCUT2D eigenvalue weighted by Crippen LogP contribution is 2.25. The predicted molar refractivity (Wildman–Crippen MR) is 118 cm³/mol. The van der Waals surface area contributed by atoms with Crippen molar-refractivity contribution in [3.8, 4) is 0 Å². The van der Waals surface area contributed by atoms with Crippen LogP contribution in [0.25, 0.3) is 11.0 Å². The number of amides is 1. The predicted octanol–water partition coefficient (Wildman–Crippen LogP) is 3.48. The second-order valence-corrected chi connectivity index (χ2v) is 9.68. The number of aryl methyl sites for hydroxylation is 1. The molecule has 1 aliphatic heterocycles. The smallest absolute Gasteiger partial charge is 0.289 e. The molecule has 1 aromatic heterocycles. The van der Waals surface area contributed by atoms with E-state index in [2.05, 4.69) is 4.72 Å². The van der Waals surface area contributed by atoms with Gasteiger partial charge in [0.15, 0.2) is 5.76 Å². The Morgan fingerprint density at radius 1 is 1.19 bits per heavy atom. The van der Waals surface area contributed by atoms with Crippen molar-refractivity contribution in [2.75, 3.05) is 19.6 Å². The molecule has 2 heterocycles. The van der Waals surface area contributed by atoms with Gasteiger partial charge in [-0.2, -0.15) is 0 Å². The van der Waals surface area contributed by atoms with Gasteiger partial charge >= 0.3 is 0 Å². The number of piperidine rings is 1. The van der Waals surface area contributed by atoms with E-state index in [4.69, 9.17) is 4.42 Å². The molecule has 168 valence electrons. The van der Waals surface area contributed by atoms with E-state index in [0.29, 0.717) is 42.8 Å². The van der Waals surface area contributed by atoms with Crippen LogP contribution in [0.3, 0.4) is 0 Å². The first kappa shape index (κ1) is 22.0. The summed E-state index contributed by atoms with van der Waals surface area (Å²) in [4.78, 5) is 24.8. The minimum Gasteiger partial charge on any atom is -0.451 e. The molecular formula is C22H23N3O6S. The Hall–Kier alpha value is -3.24. The fourth-order valence-corrected chi connectivity index (χ4v) is 5.26. The highest BCUT2D eigenvalue weighted by Gasteiger charge is 2.27. The number of carbonyl (C=O) groups is 1. The van der Waals surface area contributed by atoms with Crippen molar-refractivity contribution in [3.05, 3.63) is 70.0 Å². The number of hydrogen-bond donors (Lipinski definition) is 1. The Morgan fingerprint density at radius 3 is 2.59 bits per heavy atom. The first-order valence-electron chi connectivity index (χ1n) is 10.3. The molecule has 0 spiro atoms. The first-order valence-corrected chi connectivity index (χ1v) is 11.8. The number of furan rings is 1. The zero-order valence-electron chi connectivity index (χ0n) is 17.5. The summed E-state index contributed by atoms with van der Waals surface area (Å²) in [5.74, 6) is 0.183. The van der Waals surface area contributed by atoms with E-state index >= 15 is 0 Å². The number of carbonyl (C=O) groups excluding carboxylic acids is 1. The number of fused-ring (bicyclic) bond motifs is 1. The van der Waals surface area contributed by atoms with Crippen molar-refractivity contribution in [1.82, 2.24) is 9.62 Å². The first-order chi connectivity index (χ1) is 15.2. The third-order valence-electron chi connectivity index (χ3n) is 5.77. The number of nitro groups is 1. The summed E-state index contributed by atoms with van der Waals surface area (Å²) in [5, 5.41) is 11.9. The van der Waals surface area contributed by atoms with E-state index in [1.54, 1.807) is 17.9 Å². The average molecular weight is 458 g/mol. The van der Waals surface area contributed by atoms with Gasteiger partial charge in [-0.25, -0.2) is 13.1 Å². The zero-order chi connectivity index (χ0) is 22.9. The Kier molecular flexibility index (Phi) is 5.98. The van der Waals surface area contributed by atoms with E-state index in [9.17, 15) is 23.3 Å². The Morgan fingerprint density at radius 2 is 1.91 bits per heavy atom. The lowest BCUT2D eigenvalue weighted by atomic mass is 9.97. The lowest BCUT2D eigenvalue weighted by molar-refractivity contribution is -0.385. The Balaban J connectivity index is 1.35. The molecule has 9 nitrogen and oxygen atoms in total. The molecule has 0 atom stereocenters. The van der Waals surface area contributed by atoms with Crippen LogP contribution in [-0.2, 0) is 10.0 Å². The average Bonchev–Trinajstić information content (AvgIpc) is 3.22. The minimum atomic E-state index is -3.88. The summed E-state index contributed by atoms with van der Waals surface area (Å²) in [6, 6.07) is 12.9. The number of nitro benzene ring substituents is 1. The number of benzene rings is 2. The zero-order valence-corrected chi connectivity index (χ0v) is 18.3. The Labute approximate surface area is 185 Å². The second-order valence-electron chi connectivity index (χ2n) is 7.94. The summed E-state index contributed by atoms with van der Waals surface area (Å²) in [6.07, 6.45) is 1.28. The highest BCUT2D eigenvalue weighted by molar-refractivity contribution is 7.89. The minimum absolute atomic E-state index is 0.0588. The van der Waals surface area contributed by atoms with Gasteiger partial charge in [0.05, 0.1) is 9.82 Å². The van der Waals surface area contributed by atoms with Crippen LogP contribution < -0.4 is 4.72 Å². The van der Waals surface area contributed by atoms with Crippen molar-refractivity contribution in [3.63, 3.8) is 0 Å². The maximum atomic E-state index is 12.8. The molecule has 3 aromatic rings. The topological polar surface area (TPSA) is 123 Å². The second kappa shape index (κ2) is 8.71. The molecule has 0 radical (unpaired) electrons. The van der Waals surface area contributed by atoms with Gasteiger partial charge in [-0.15, -0.1) is 0 Å². The summed E-state index contributed by atoms with van der Waals surface area (Å²) >= 11 is 0. The maximum Gasteiger partial charge on any atom is 0.289 e. The number of hydrogen-bond acceptors (Lipinski definition) is 6. The number of sulfonamides is 1. The fourth-order valence-electron chi connectivity index (χ4n) is 3.88. The largest absolute Gasteiger partial charge is 0.451 e. The van der Waals surface area contributed by atoms with Crippen molar-refractivity contribution < 1.29 is 22.6 Å². The maximum absolute atomic E-state index is 12.8. The lowest BCUT2D eigenvalue weighted by Crippen LogP contribution is -2.41. The number of nitrogens with zero attached hydrogens (tertiary/aromatic N) is 2. The van der Waals surface area contributed by atoms with Gasteiger partial charge in [-0.3, -0.25) is 14.9 Å². The van der Waals surface area contributed by atoms with Gasteiger partial charge in [0.25, 0.3) is 11.6 Å². The van der Waals surface area contributed by atoms with Crippen molar-refractivity contribution in [1.29, 1.82) is 0 Å². The summed E-state index contributed by atoms with van der Waals surface area (Å²) in [6.45, 7) is 2.80. The SMILES string of the molecule is Cc1ccc([N+](=O)[O-])cc1S(=O)(=O)NCC1CCN(C(=O)c2cc3ccccc3o2)CC1. The normalized spacial score (nSPS) is 15.2. The van der Waals surface area contributed by atoms with Crippen LogP contribution in [0.1, 0.15) is 29.0 Å². The van der Waals surface area contributed by atoms with E-state index in [-0.39, 0.29) is 29.0 Å². The van der Waals surface area contributed by atoms with Crippen molar-refractivity contribution in [2.45, 2.75) is 24.7 Å². The molecule has 0 bridgehead atoms. The lowest BCUT2D eigenvalue weighted by Gasteiger charge is -2.31. The summed E-state index contributed by atoms with van der Waals surface area (Å²) in [5.41, 5.74) is 0.833. The molecule has 1 fully saturated rings. The molecular weight excluding hydrogens is 434 g/mol. The number of rotatable bonds is 6. The van der Waals surface area contributed by atoms with Gasteiger partial charge < -0.3 is 9.32 Å². The molecule has 0 unspecified atom stereocenters. The van der Waals surface area contributed by atoms with Crippen LogP contribution in [0.15, 0.2) is 57.8 Å². The van der Waals surface area contributed by atoms with Crippen LogP contribution in [0, 0.1) is 23.0 Å². The molecule has 0 aliphatic carbocycles. The molecule has 0 saturated carbocycles. The number of nitrogens with one attached hydrogen (secondary N) is 1. The molecule has 1 aliphatic rings. The van der Waals surface area contributed by atoms with Crippen molar-refractivity contribution in [2.24, 2.45) is 5.92 Å². The van der Waals surface area contributed by atoms with E-state index in [1.165, 1.54) is 12.1 Å². The van der Waals surface area contributed by atoms with Gasteiger partial charge in [-0.1, -0.05) is 24.3 Å². The quantitative estimate of drug-likeness (QED) is 0.447. The van der Waals surface area contributed by atoms with E-state index in [0.717, 1.165) is 11.5 Å². The summed E-state index contributed by atoms with van der Waals surface area (Å²) < 4.78 is 33.6. The molecule has 32 heavy (non-hydrogen) atoms. The Bertz CT molecular complexity index is 1240. The number of likely N-dealkylation sites (tertiary alicyclic amines) is 1. The number of para-hydroxylation sites is 1. The van der Waals surface area contributed by atoms with Crippen LogP contribution >= 0.6 is 0 Å². The number of non-ortho nitro benzene ring substituents is 1. The molecule has 10 heteroatoms. The van der Waals surface area contributed by atoms with Crippen LogP contribution in [0.5, 0.6) is 0 Å². The third-order valence-corrected chi connectivity index (χ3v) is 7.34. The van der Waals surface area contributed by atoms with Gasteiger partial charge in [0.2, 0.25) is 10.0 Å². The van der Waals surface area contributed by atoms with E-state index < -0.39 is 14.9 Å². The molecule has 1 saturated heterocycles. The van der Waals surface area contributed by atoms with Gasteiger partial charge in [-0.05, 0) is 43.4 Å². The molecule has 2 aromatic carbocycles. The molecule has 1 amide bonds. The summed E-state index contributed by atoms with van der Waals surface area (Å²) in [7, 11) is -3.88. The standard InChI is InChI=1S/C22H23N3O6S/c1-15-6-7-18(25(27)28)13-21(15)32(29,30)23-14-16-8-10-24(11-9-16)22(26)20-12-17-4-2-3-5-19(17)31-20/h2-7,12-13,16,23H,8-11,14H2,1H3. The van der Waals surface area contributed by atoms with Gasteiger partial charge in [0.1, 0.15) is 5.58 Å². The van der Waals surface area contributed by atoms with Crippen molar-refractivity contribution >= 4 is 32.6 Å². The van der Waals surface area contributed by atoms with Crippen LogP contribution in [-0.4, -0.2) is 43.8 Å². The third kappa shape index (κ3) is 4.51. The van der Waals surface area contributed by atoms with Crippen LogP contribution in [0.2, 0.25) is 0 Å². The van der Waals surface area contributed by atoms with Gasteiger partial charge in [0, 0.05) is 37.2 Å². The van der Waals surface area contributed by atoms with Crippen LogP contribution in [0.4, 0.5) is 5.69 Å². The highest BCUT2D eigenvalue weighted by atomic mass is 32.2. The van der Waals surface area contributed by atoms with E-state index in [1.807, 2.05) is 24.3 Å². The fraction of sp³-hybridized carbons (Fsp3) is 0.318.